The van der Waals surface area contributed by atoms with Gasteiger partial charge in [0, 0.05) is 44.0 Å². The number of β-amino-alcohol motifs (C(OH)–C–C–N with tert-alkyl or cyclic N) is 1. The second-order valence-electron chi connectivity index (χ2n) is 7.42. The van der Waals surface area contributed by atoms with Gasteiger partial charge in [-0.05, 0) is 38.0 Å². The van der Waals surface area contributed by atoms with Gasteiger partial charge in [-0.1, -0.05) is 23.2 Å². The fraction of sp³-hybridized carbons (Fsp3) is 0.429. The van der Waals surface area contributed by atoms with E-state index in [1.807, 2.05) is 0 Å². The van der Waals surface area contributed by atoms with Crippen LogP contribution in [0.15, 0.2) is 35.1 Å². The van der Waals surface area contributed by atoms with E-state index in [1.165, 1.54) is 12.1 Å². The molecule has 1 aromatic heterocycles. The number of aliphatic hydroxyl groups is 1. The summed E-state index contributed by atoms with van der Waals surface area (Å²) in [5.74, 6) is 0.375. The average molecular weight is 454 g/mol. The van der Waals surface area contributed by atoms with Crippen LogP contribution in [0.2, 0.25) is 10.0 Å². The van der Waals surface area contributed by atoms with E-state index in [-0.39, 0.29) is 24.1 Å². The molecule has 9 heteroatoms. The van der Waals surface area contributed by atoms with E-state index >= 15 is 0 Å². The van der Waals surface area contributed by atoms with Crippen molar-refractivity contribution in [2.75, 3.05) is 26.2 Å². The van der Waals surface area contributed by atoms with Gasteiger partial charge in [-0.25, -0.2) is 0 Å². The number of hydrogen-bond donors (Lipinski definition) is 3. The second kappa shape index (κ2) is 10.3. The van der Waals surface area contributed by atoms with E-state index in [2.05, 4.69) is 15.2 Å². The van der Waals surface area contributed by atoms with E-state index in [9.17, 15) is 14.7 Å². The number of carbonyl (C=O) groups is 1. The van der Waals surface area contributed by atoms with Crippen molar-refractivity contribution in [3.63, 3.8) is 0 Å². The van der Waals surface area contributed by atoms with Crippen LogP contribution in [0.25, 0.3) is 0 Å². The Morgan fingerprint density at radius 3 is 2.67 bits per heavy atom. The molecule has 0 bridgehead atoms. The lowest BCUT2D eigenvalue weighted by Crippen LogP contribution is -2.45. The van der Waals surface area contributed by atoms with E-state index in [0.29, 0.717) is 33.6 Å². The van der Waals surface area contributed by atoms with Gasteiger partial charge in [0.15, 0.2) is 0 Å². The molecule has 2 aromatic rings. The lowest BCUT2D eigenvalue weighted by Gasteiger charge is -2.33. The van der Waals surface area contributed by atoms with Gasteiger partial charge < -0.3 is 25.0 Å². The van der Waals surface area contributed by atoms with Crippen molar-refractivity contribution >= 4 is 29.1 Å². The van der Waals surface area contributed by atoms with Crippen LogP contribution in [0, 0.1) is 6.92 Å². The summed E-state index contributed by atoms with van der Waals surface area (Å²) in [5, 5.41) is 14.0. The first-order valence-electron chi connectivity index (χ1n) is 9.82. The Hall–Kier alpha value is -2.06. The highest BCUT2D eigenvalue weighted by Crippen LogP contribution is 2.28. The number of piperidine rings is 1. The maximum absolute atomic E-state index is 12.2. The zero-order valence-corrected chi connectivity index (χ0v) is 18.2. The smallest absolute Gasteiger partial charge is 0.253 e. The number of ether oxygens (including phenoxy) is 1. The predicted molar refractivity (Wildman–Crippen MR) is 117 cm³/mol. The van der Waals surface area contributed by atoms with Crippen LogP contribution in [-0.4, -0.2) is 59.3 Å². The highest BCUT2D eigenvalue weighted by atomic mass is 35.5. The monoisotopic (exact) mass is 453 g/mol. The molecule has 0 spiro atoms. The van der Waals surface area contributed by atoms with Crippen LogP contribution < -0.4 is 15.6 Å². The van der Waals surface area contributed by atoms with E-state index in [1.54, 1.807) is 25.1 Å². The summed E-state index contributed by atoms with van der Waals surface area (Å²) in [7, 11) is 0. The quantitative estimate of drug-likeness (QED) is 0.598. The van der Waals surface area contributed by atoms with Crippen molar-refractivity contribution in [1.82, 2.24) is 15.2 Å². The number of likely N-dealkylation sites (tertiary alicyclic amines) is 1. The number of hydrogen-bond acceptors (Lipinski definition) is 5. The SMILES string of the molecule is Cc1[nH]c(=O)ccc1C(=O)NC[C@@H](O)CN1CCC(Oc2ccc(Cl)c(Cl)c2)CC1. The van der Waals surface area contributed by atoms with E-state index in [4.69, 9.17) is 27.9 Å². The zero-order chi connectivity index (χ0) is 21.7. The lowest BCUT2D eigenvalue weighted by molar-refractivity contribution is 0.0594. The number of carbonyl (C=O) groups excluding carboxylic acids is 1. The molecule has 3 N–H and O–H groups in total. The lowest BCUT2D eigenvalue weighted by atomic mass is 10.1. The third kappa shape index (κ3) is 6.22. The van der Waals surface area contributed by atoms with Crippen molar-refractivity contribution < 1.29 is 14.6 Å². The molecule has 3 rings (SSSR count). The maximum atomic E-state index is 12.2. The number of H-pyrrole nitrogens is 1. The van der Waals surface area contributed by atoms with Crippen LogP contribution in [-0.2, 0) is 0 Å². The first kappa shape index (κ1) is 22.6. The van der Waals surface area contributed by atoms with Crippen molar-refractivity contribution in [3.8, 4) is 5.75 Å². The number of aliphatic hydroxyl groups excluding tert-OH is 1. The first-order chi connectivity index (χ1) is 14.3. The Morgan fingerprint density at radius 1 is 1.27 bits per heavy atom. The average Bonchev–Trinajstić information content (AvgIpc) is 2.70. The number of halogens is 2. The Labute approximate surface area is 184 Å². The molecule has 0 radical (unpaired) electrons. The molecule has 0 unspecified atom stereocenters. The standard InChI is InChI=1S/C21H25Cl2N3O4/c1-13-17(3-5-20(28)25-13)21(29)24-11-14(27)12-26-8-6-15(7-9-26)30-16-2-4-18(22)19(23)10-16/h2-5,10,14-15,27H,6-9,11-12H2,1H3,(H,24,29)(H,25,28)/t14-/m1/s1. The highest BCUT2D eigenvalue weighted by molar-refractivity contribution is 6.42. The highest BCUT2D eigenvalue weighted by Gasteiger charge is 2.23. The summed E-state index contributed by atoms with van der Waals surface area (Å²) in [6.45, 7) is 3.84. The number of aromatic nitrogens is 1. The van der Waals surface area contributed by atoms with Gasteiger partial charge >= 0.3 is 0 Å². The number of pyridine rings is 1. The third-order valence-electron chi connectivity index (χ3n) is 5.06. The first-order valence-corrected chi connectivity index (χ1v) is 10.6. The minimum absolute atomic E-state index is 0.0820. The second-order valence-corrected chi connectivity index (χ2v) is 8.23. The number of nitrogens with one attached hydrogen (secondary N) is 2. The molecule has 2 heterocycles. The Bertz CT molecular complexity index is 942. The number of benzene rings is 1. The molecule has 7 nitrogen and oxygen atoms in total. The van der Waals surface area contributed by atoms with E-state index in [0.717, 1.165) is 25.9 Å². The number of amides is 1. The van der Waals surface area contributed by atoms with Gasteiger partial charge in [0.25, 0.3) is 5.91 Å². The number of aryl methyl sites for hydroxylation is 1. The largest absolute Gasteiger partial charge is 0.490 e. The molecule has 0 saturated carbocycles. The Kier molecular flexibility index (Phi) is 7.77. The summed E-state index contributed by atoms with van der Waals surface area (Å²) in [6.07, 6.45) is 1.05. The minimum atomic E-state index is -0.690. The van der Waals surface area contributed by atoms with Crippen molar-refractivity contribution in [3.05, 3.63) is 62.0 Å². The van der Waals surface area contributed by atoms with Crippen molar-refractivity contribution in [2.45, 2.75) is 32.0 Å². The van der Waals surface area contributed by atoms with Crippen LogP contribution >= 0.6 is 23.2 Å². The minimum Gasteiger partial charge on any atom is -0.490 e. The van der Waals surface area contributed by atoms with Gasteiger partial charge in [0.05, 0.1) is 21.7 Å². The molecule has 1 aliphatic heterocycles. The topological polar surface area (TPSA) is 94.7 Å². The van der Waals surface area contributed by atoms with Gasteiger partial charge in [0.2, 0.25) is 5.56 Å². The zero-order valence-electron chi connectivity index (χ0n) is 16.7. The fourth-order valence-corrected chi connectivity index (χ4v) is 3.73. The molecule has 30 heavy (non-hydrogen) atoms. The molecule has 1 amide bonds. The van der Waals surface area contributed by atoms with Gasteiger partial charge in [0.1, 0.15) is 11.9 Å². The van der Waals surface area contributed by atoms with Crippen LogP contribution in [0.5, 0.6) is 5.75 Å². The van der Waals surface area contributed by atoms with Gasteiger partial charge in [-0.3, -0.25) is 9.59 Å². The summed E-state index contributed by atoms with van der Waals surface area (Å²) < 4.78 is 5.98. The molecule has 0 aliphatic carbocycles. The number of aromatic amines is 1. The Balaban J connectivity index is 1.40. The maximum Gasteiger partial charge on any atom is 0.253 e. The predicted octanol–water partition coefficient (Wildman–Crippen LogP) is 2.62. The molecule has 162 valence electrons. The van der Waals surface area contributed by atoms with Crippen molar-refractivity contribution in [1.29, 1.82) is 0 Å². The molecule has 1 fully saturated rings. The van der Waals surface area contributed by atoms with Crippen LogP contribution in [0.3, 0.4) is 0 Å². The molecule has 1 saturated heterocycles. The van der Waals surface area contributed by atoms with Crippen LogP contribution in [0.4, 0.5) is 0 Å². The summed E-state index contributed by atoms with van der Waals surface area (Å²) in [6, 6.07) is 8.02. The van der Waals surface area contributed by atoms with E-state index < -0.39 is 6.10 Å². The normalized spacial score (nSPS) is 16.3. The molecule has 1 atom stereocenters. The number of rotatable bonds is 7. The number of nitrogens with zero attached hydrogens (tertiary/aromatic N) is 1. The molecule has 1 aromatic carbocycles. The van der Waals surface area contributed by atoms with Gasteiger partial charge in [-0.2, -0.15) is 0 Å². The summed E-state index contributed by atoms with van der Waals surface area (Å²) in [5.41, 5.74) is 0.635. The van der Waals surface area contributed by atoms with Crippen molar-refractivity contribution in [2.24, 2.45) is 0 Å². The fourth-order valence-electron chi connectivity index (χ4n) is 3.44. The summed E-state index contributed by atoms with van der Waals surface area (Å²) in [4.78, 5) is 28.2. The third-order valence-corrected chi connectivity index (χ3v) is 5.80. The molecule has 1 aliphatic rings. The van der Waals surface area contributed by atoms with Crippen LogP contribution in [0.1, 0.15) is 28.9 Å². The molecular formula is C21H25Cl2N3O4. The molecular weight excluding hydrogens is 429 g/mol. The van der Waals surface area contributed by atoms with Gasteiger partial charge in [-0.15, -0.1) is 0 Å². The summed E-state index contributed by atoms with van der Waals surface area (Å²) >= 11 is 12.0. The Morgan fingerprint density at radius 2 is 2.00 bits per heavy atom.